The maximum Gasteiger partial charge on any atom is 0.224 e. The van der Waals surface area contributed by atoms with Crippen LogP contribution in [0.25, 0.3) is 0 Å². The molecule has 0 bridgehead atoms. The Morgan fingerprint density at radius 3 is 2.44 bits per heavy atom. The quantitative estimate of drug-likeness (QED) is 0.726. The molecular weight excluding hydrogens is 230 g/mol. The Morgan fingerprint density at radius 1 is 1.28 bits per heavy atom. The number of nitrogens with zero attached hydrogens (tertiary/aromatic N) is 1. The Balaban J connectivity index is 2.51. The molecule has 0 spiro atoms. The summed E-state index contributed by atoms with van der Waals surface area (Å²) in [5.41, 5.74) is 0. The molecule has 1 saturated heterocycles. The lowest BCUT2D eigenvalue weighted by molar-refractivity contribution is -0.149. The van der Waals surface area contributed by atoms with Crippen molar-refractivity contribution in [1.29, 1.82) is 0 Å². The first-order valence-electron chi connectivity index (χ1n) is 7.25. The third-order valence-corrected chi connectivity index (χ3v) is 3.62. The first kappa shape index (κ1) is 15.4. The van der Waals surface area contributed by atoms with Crippen molar-refractivity contribution >= 4 is 5.91 Å². The standard InChI is InChI=1S/C14H27NO3/c1-4-11(16)10-12(5-2)18-14(6-3)15-9-7-8-13(15)17/h11-12,14,16H,4-10H2,1-3H3. The molecule has 3 atom stereocenters. The molecule has 4 heteroatoms. The van der Waals surface area contributed by atoms with Crippen LogP contribution in [0.15, 0.2) is 0 Å². The Bertz CT molecular complexity index is 257. The van der Waals surface area contributed by atoms with Crippen LogP contribution in [0, 0.1) is 0 Å². The zero-order valence-electron chi connectivity index (χ0n) is 11.9. The van der Waals surface area contributed by atoms with Gasteiger partial charge in [-0.25, -0.2) is 0 Å². The summed E-state index contributed by atoms with van der Waals surface area (Å²) in [5, 5.41) is 9.70. The number of aliphatic hydroxyl groups is 1. The third kappa shape index (κ3) is 4.25. The molecule has 106 valence electrons. The molecule has 1 rings (SSSR count). The van der Waals surface area contributed by atoms with Gasteiger partial charge in [0.05, 0.1) is 12.2 Å². The van der Waals surface area contributed by atoms with Gasteiger partial charge in [0.15, 0.2) is 0 Å². The molecule has 1 aliphatic heterocycles. The molecule has 1 aliphatic rings. The highest BCUT2D eigenvalue weighted by molar-refractivity contribution is 5.78. The number of hydrogen-bond donors (Lipinski definition) is 1. The summed E-state index contributed by atoms with van der Waals surface area (Å²) >= 11 is 0. The normalized spacial score (nSPS) is 21.1. The zero-order valence-corrected chi connectivity index (χ0v) is 11.9. The van der Waals surface area contributed by atoms with E-state index in [-0.39, 0.29) is 24.3 Å². The van der Waals surface area contributed by atoms with E-state index in [4.69, 9.17) is 4.74 Å². The van der Waals surface area contributed by atoms with Crippen molar-refractivity contribution in [2.45, 2.75) is 77.7 Å². The van der Waals surface area contributed by atoms with Gasteiger partial charge in [0, 0.05) is 13.0 Å². The number of aliphatic hydroxyl groups excluding tert-OH is 1. The Kier molecular flexibility index (Phi) is 6.65. The van der Waals surface area contributed by atoms with Gasteiger partial charge in [-0.05, 0) is 32.1 Å². The second kappa shape index (κ2) is 7.74. The van der Waals surface area contributed by atoms with Crippen LogP contribution in [-0.2, 0) is 9.53 Å². The lowest BCUT2D eigenvalue weighted by Crippen LogP contribution is -2.40. The summed E-state index contributed by atoms with van der Waals surface area (Å²) in [6.45, 7) is 6.88. The second-order valence-electron chi connectivity index (χ2n) is 5.02. The fourth-order valence-electron chi connectivity index (χ4n) is 2.37. The van der Waals surface area contributed by atoms with Gasteiger partial charge in [-0.1, -0.05) is 20.8 Å². The van der Waals surface area contributed by atoms with Crippen LogP contribution in [0.5, 0.6) is 0 Å². The van der Waals surface area contributed by atoms with Gasteiger partial charge in [0.1, 0.15) is 6.23 Å². The molecule has 4 nitrogen and oxygen atoms in total. The molecule has 18 heavy (non-hydrogen) atoms. The molecule has 1 heterocycles. The van der Waals surface area contributed by atoms with E-state index < -0.39 is 0 Å². The summed E-state index contributed by atoms with van der Waals surface area (Å²) in [6.07, 6.45) is 4.29. The third-order valence-electron chi connectivity index (χ3n) is 3.62. The van der Waals surface area contributed by atoms with E-state index in [0.717, 1.165) is 32.2 Å². The average Bonchev–Trinajstić information content (AvgIpc) is 2.80. The van der Waals surface area contributed by atoms with Gasteiger partial charge in [-0.3, -0.25) is 4.79 Å². The predicted octanol–water partition coefficient (Wildman–Crippen LogP) is 2.30. The van der Waals surface area contributed by atoms with Gasteiger partial charge in [0.2, 0.25) is 5.91 Å². The summed E-state index contributed by atoms with van der Waals surface area (Å²) in [7, 11) is 0. The fourth-order valence-corrected chi connectivity index (χ4v) is 2.37. The fraction of sp³-hybridized carbons (Fsp3) is 0.929. The molecule has 1 amide bonds. The van der Waals surface area contributed by atoms with Crippen LogP contribution in [0.3, 0.4) is 0 Å². The minimum absolute atomic E-state index is 0.0401. The monoisotopic (exact) mass is 257 g/mol. The van der Waals surface area contributed by atoms with E-state index in [1.807, 2.05) is 18.7 Å². The Labute approximate surface area is 110 Å². The lowest BCUT2D eigenvalue weighted by Gasteiger charge is -2.31. The van der Waals surface area contributed by atoms with Crippen LogP contribution in [0.2, 0.25) is 0 Å². The molecule has 0 saturated carbocycles. The molecule has 0 aromatic carbocycles. The van der Waals surface area contributed by atoms with E-state index in [1.54, 1.807) is 0 Å². The van der Waals surface area contributed by atoms with Crippen molar-refractivity contribution in [1.82, 2.24) is 4.90 Å². The summed E-state index contributed by atoms with van der Waals surface area (Å²) in [4.78, 5) is 13.6. The molecular formula is C14H27NO3. The van der Waals surface area contributed by atoms with Crippen molar-refractivity contribution in [3.05, 3.63) is 0 Å². The molecule has 1 N–H and O–H groups in total. The molecule has 0 aromatic heterocycles. The van der Waals surface area contributed by atoms with Crippen LogP contribution in [0.1, 0.15) is 59.3 Å². The highest BCUT2D eigenvalue weighted by Crippen LogP contribution is 2.20. The highest BCUT2D eigenvalue weighted by Gasteiger charge is 2.29. The number of amides is 1. The number of hydrogen-bond acceptors (Lipinski definition) is 3. The minimum atomic E-state index is -0.304. The first-order chi connectivity index (χ1) is 8.62. The van der Waals surface area contributed by atoms with Gasteiger partial charge in [-0.15, -0.1) is 0 Å². The number of carbonyl (C=O) groups is 1. The first-order valence-corrected chi connectivity index (χ1v) is 7.25. The minimum Gasteiger partial charge on any atom is -0.393 e. The van der Waals surface area contributed by atoms with E-state index >= 15 is 0 Å². The second-order valence-corrected chi connectivity index (χ2v) is 5.02. The summed E-state index contributed by atoms with van der Waals surface area (Å²) in [6, 6.07) is 0. The summed E-state index contributed by atoms with van der Waals surface area (Å²) in [5.74, 6) is 0.202. The van der Waals surface area contributed by atoms with Gasteiger partial charge >= 0.3 is 0 Å². The van der Waals surface area contributed by atoms with Crippen molar-refractivity contribution in [2.24, 2.45) is 0 Å². The van der Waals surface area contributed by atoms with Crippen LogP contribution < -0.4 is 0 Å². The molecule has 1 fully saturated rings. The Morgan fingerprint density at radius 2 is 2.00 bits per heavy atom. The molecule has 0 aromatic rings. The zero-order chi connectivity index (χ0) is 13.5. The number of likely N-dealkylation sites (tertiary alicyclic amines) is 1. The molecule has 0 radical (unpaired) electrons. The van der Waals surface area contributed by atoms with E-state index in [9.17, 15) is 9.90 Å². The topological polar surface area (TPSA) is 49.8 Å². The maximum absolute atomic E-state index is 11.7. The van der Waals surface area contributed by atoms with Crippen molar-refractivity contribution in [3.8, 4) is 0 Å². The SMILES string of the molecule is CCC(O)CC(CC)OC(CC)N1CCCC1=O. The number of rotatable bonds is 8. The van der Waals surface area contributed by atoms with Crippen molar-refractivity contribution < 1.29 is 14.6 Å². The van der Waals surface area contributed by atoms with Crippen LogP contribution in [-0.4, -0.2) is 40.9 Å². The smallest absolute Gasteiger partial charge is 0.224 e. The predicted molar refractivity (Wildman–Crippen MR) is 71.1 cm³/mol. The number of ether oxygens (including phenoxy) is 1. The summed E-state index contributed by atoms with van der Waals surface area (Å²) < 4.78 is 6.02. The average molecular weight is 257 g/mol. The molecule has 3 unspecified atom stereocenters. The maximum atomic E-state index is 11.7. The van der Waals surface area contributed by atoms with Gasteiger partial charge < -0.3 is 14.7 Å². The van der Waals surface area contributed by atoms with E-state index in [1.165, 1.54) is 0 Å². The van der Waals surface area contributed by atoms with Gasteiger partial charge in [-0.2, -0.15) is 0 Å². The van der Waals surface area contributed by atoms with Crippen LogP contribution >= 0.6 is 0 Å². The van der Waals surface area contributed by atoms with Crippen LogP contribution in [0.4, 0.5) is 0 Å². The van der Waals surface area contributed by atoms with Gasteiger partial charge in [0.25, 0.3) is 0 Å². The molecule has 0 aliphatic carbocycles. The largest absolute Gasteiger partial charge is 0.393 e. The van der Waals surface area contributed by atoms with E-state index in [2.05, 4.69) is 6.92 Å². The van der Waals surface area contributed by atoms with Crippen molar-refractivity contribution in [3.63, 3.8) is 0 Å². The Hall–Kier alpha value is -0.610. The highest BCUT2D eigenvalue weighted by atomic mass is 16.5. The number of carbonyl (C=O) groups excluding carboxylic acids is 1. The van der Waals surface area contributed by atoms with Crippen molar-refractivity contribution in [2.75, 3.05) is 6.54 Å². The lowest BCUT2D eigenvalue weighted by atomic mass is 10.1. The van der Waals surface area contributed by atoms with E-state index in [0.29, 0.717) is 12.8 Å².